The minimum absolute atomic E-state index is 0.0385. The molecule has 2 aromatic rings. The molecule has 0 radical (unpaired) electrons. The zero-order valence-electron chi connectivity index (χ0n) is 18.8. The molecular weight excluding hydrogens is 390 g/mol. The van der Waals surface area contributed by atoms with Crippen LogP contribution in [0.2, 0.25) is 0 Å². The molecule has 1 saturated heterocycles. The molecule has 1 aromatic heterocycles. The van der Waals surface area contributed by atoms with Gasteiger partial charge in [0.05, 0.1) is 7.11 Å². The number of nitrogens with zero attached hydrogens (tertiary/aromatic N) is 2. The fourth-order valence-corrected chi connectivity index (χ4v) is 4.16. The Labute approximate surface area is 185 Å². The lowest BCUT2D eigenvalue weighted by molar-refractivity contribution is 0.0774. The van der Waals surface area contributed by atoms with Crippen LogP contribution in [0.1, 0.15) is 54.2 Å². The van der Waals surface area contributed by atoms with E-state index in [-0.39, 0.29) is 12.0 Å². The molecule has 2 fully saturated rings. The van der Waals surface area contributed by atoms with Gasteiger partial charge in [-0.25, -0.2) is 0 Å². The smallest absolute Gasteiger partial charge is 0.251 e. The minimum atomic E-state index is -0.0385. The van der Waals surface area contributed by atoms with Gasteiger partial charge in [-0.05, 0) is 75.4 Å². The monoisotopic (exact) mass is 423 g/mol. The fraction of sp³-hybridized carbons (Fsp3) is 0.520. The quantitative estimate of drug-likeness (QED) is 0.700. The van der Waals surface area contributed by atoms with Crippen molar-refractivity contribution < 1.29 is 14.3 Å². The second-order valence-corrected chi connectivity index (χ2v) is 8.84. The van der Waals surface area contributed by atoms with Gasteiger partial charge in [-0.2, -0.15) is 0 Å². The van der Waals surface area contributed by atoms with Crippen molar-refractivity contribution in [1.29, 1.82) is 0 Å². The van der Waals surface area contributed by atoms with Crippen LogP contribution in [0.15, 0.2) is 36.5 Å². The first-order valence-corrected chi connectivity index (χ1v) is 11.3. The molecule has 1 aromatic carbocycles. The first-order valence-electron chi connectivity index (χ1n) is 11.3. The van der Waals surface area contributed by atoms with E-state index in [0.29, 0.717) is 29.1 Å². The van der Waals surface area contributed by atoms with Crippen LogP contribution >= 0.6 is 0 Å². The molecule has 1 unspecified atom stereocenters. The van der Waals surface area contributed by atoms with Crippen LogP contribution in [0.4, 0.5) is 0 Å². The maximum atomic E-state index is 12.4. The summed E-state index contributed by atoms with van der Waals surface area (Å²) in [6.45, 7) is 6.36. The number of benzene rings is 1. The summed E-state index contributed by atoms with van der Waals surface area (Å²) in [6, 6.07) is 10.4. The molecule has 166 valence electrons. The third-order valence-corrected chi connectivity index (χ3v) is 6.21. The highest BCUT2D eigenvalue weighted by Crippen LogP contribution is 2.31. The van der Waals surface area contributed by atoms with Crippen LogP contribution in [-0.4, -0.2) is 54.2 Å². The Balaban J connectivity index is 1.33. The van der Waals surface area contributed by atoms with Gasteiger partial charge in [0.15, 0.2) is 11.5 Å². The zero-order chi connectivity index (χ0) is 21.8. The molecule has 6 heteroatoms. The summed E-state index contributed by atoms with van der Waals surface area (Å²) in [4.78, 5) is 19.4. The number of hydrogen-bond acceptors (Lipinski definition) is 5. The lowest BCUT2D eigenvalue weighted by Gasteiger charge is -2.36. The molecule has 1 amide bonds. The second-order valence-electron chi connectivity index (χ2n) is 8.84. The number of aryl methyl sites for hydroxylation is 1. The van der Waals surface area contributed by atoms with E-state index in [2.05, 4.69) is 35.1 Å². The maximum Gasteiger partial charge on any atom is 0.251 e. The molecule has 1 aliphatic carbocycles. The standard InChI is InChI=1S/C25H33N3O3/c1-17-8-11-26-21(14-17)15-18(2)28-12-9-22(10-13-28)31-24-16-19(4-7-23(24)30-3)25(29)27-20-5-6-20/h4,7-8,11,14,16,18,20,22H,5-6,9-10,12-13,15H2,1-3H3,(H,27,29). The van der Waals surface area contributed by atoms with Crippen LogP contribution in [0.3, 0.4) is 0 Å². The van der Waals surface area contributed by atoms with Crippen molar-refractivity contribution in [2.24, 2.45) is 0 Å². The van der Waals surface area contributed by atoms with Crippen molar-refractivity contribution in [3.05, 3.63) is 53.3 Å². The molecule has 1 atom stereocenters. The number of carbonyl (C=O) groups is 1. The van der Waals surface area contributed by atoms with Crippen molar-refractivity contribution in [2.45, 2.75) is 64.1 Å². The van der Waals surface area contributed by atoms with Crippen molar-refractivity contribution in [3.63, 3.8) is 0 Å². The summed E-state index contributed by atoms with van der Waals surface area (Å²) in [5.41, 5.74) is 3.03. The molecular formula is C25H33N3O3. The Morgan fingerprint density at radius 3 is 2.61 bits per heavy atom. The van der Waals surface area contributed by atoms with Crippen LogP contribution in [-0.2, 0) is 6.42 Å². The fourth-order valence-electron chi connectivity index (χ4n) is 4.16. The van der Waals surface area contributed by atoms with Gasteiger partial charge in [-0.1, -0.05) is 0 Å². The highest BCUT2D eigenvalue weighted by Gasteiger charge is 2.27. The van der Waals surface area contributed by atoms with Gasteiger partial charge in [0, 0.05) is 49.0 Å². The SMILES string of the molecule is COc1ccc(C(=O)NC2CC2)cc1OC1CCN(C(C)Cc2cc(C)ccn2)CC1. The minimum Gasteiger partial charge on any atom is -0.493 e. The molecule has 0 spiro atoms. The highest BCUT2D eigenvalue weighted by molar-refractivity contribution is 5.95. The van der Waals surface area contributed by atoms with Crippen LogP contribution in [0.5, 0.6) is 11.5 Å². The van der Waals surface area contributed by atoms with Gasteiger partial charge in [0.2, 0.25) is 0 Å². The molecule has 0 bridgehead atoms. The van der Waals surface area contributed by atoms with Crippen LogP contribution < -0.4 is 14.8 Å². The van der Waals surface area contributed by atoms with Crippen molar-refractivity contribution in [1.82, 2.24) is 15.2 Å². The Morgan fingerprint density at radius 1 is 1.16 bits per heavy atom. The topological polar surface area (TPSA) is 63.7 Å². The molecule has 2 aliphatic rings. The van der Waals surface area contributed by atoms with E-state index in [4.69, 9.17) is 9.47 Å². The summed E-state index contributed by atoms with van der Waals surface area (Å²) in [6.07, 6.45) is 7.02. The number of ether oxygens (including phenoxy) is 2. The van der Waals surface area contributed by atoms with Gasteiger partial charge in [-0.3, -0.25) is 14.7 Å². The summed E-state index contributed by atoms with van der Waals surface area (Å²) >= 11 is 0. The normalized spacial score (nSPS) is 18.4. The Morgan fingerprint density at radius 2 is 1.94 bits per heavy atom. The average molecular weight is 424 g/mol. The number of hydrogen-bond donors (Lipinski definition) is 1. The highest BCUT2D eigenvalue weighted by atomic mass is 16.5. The van der Waals surface area contributed by atoms with Gasteiger partial charge in [0.1, 0.15) is 6.10 Å². The first-order chi connectivity index (χ1) is 15.0. The van der Waals surface area contributed by atoms with E-state index in [0.717, 1.165) is 50.9 Å². The molecule has 1 saturated carbocycles. The van der Waals surface area contributed by atoms with Crippen LogP contribution in [0, 0.1) is 6.92 Å². The molecule has 31 heavy (non-hydrogen) atoms. The first kappa shape index (κ1) is 21.6. The Bertz CT molecular complexity index is 905. The molecule has 1 N–H and O–H groups in total. The number of pyridine rings is 1. The zero-order valence-corrected chi connectivity index (χ0v) is 18.8. The summed E-state index contributed by atoms with van der Waals surface area (Å²) in [5.74, 6) is 1.29. The van der Waals surface area contributed by atoms with E-state index < -0.39 is 0 Å². The van der Waals surface area contributed by atoms with E-state index in [9.17, 15) is 4.79 Å². The van der Waals surface area contributed by atoms with E-state index in [1.54, 1.807) is 13.2 Å². The summed E-state index contributed by atoms with van der Waals surface area (Å²) in [5, 5.41) is 3.03. The number of rotatable bonds is 8. The Kier molecular flexibility index (Phi) is 6.76. The van der Waals surface area contributed by atoms with Crippen LogP contribution in [0.25, 0.3) is 0 Å². The summed E-state index contributed by atoms with van der Waals surface area (Å²) < 4.78 is 11.8. The number of amides is 1. The van der Waals surface area contributed by atoms with E-state index in [1.165, 1.54) is 5.56 Å². The third-order valence-electron chi connectivity index (χ3n) is 6.21. The molecule has 6 nitrogen and oxygen atoms in total. The summed E-state index contributed by atoms with van der Waals surface area (Å²) in [7, 11) is 1.63. The van der Waals surface area contributed by atoms with Crippen molar-refractivity contribution in [3.8, 4) is 11.5 Å². The predicted molar refractivity (Wildman–Crippen MR) is 121 cm³/mol. The van der Waals surface area contributed by atoms with Gasteiger partial charge in [-0.15, -0.1) is 0 Å². The lowest BCUT2D eigenvalue weighted by atomic mass is 10.0. The number of likely N-dealkylation sites (tertiary alicyclic amines) is 1. The van der Waals surface area contributed by atoms with E-state index >= 15 is 0 Å². The van der Waals surface area contributed by atoms with Crippen molar-refractivity contribution in [2.75, 3.05) is 20.2 Å². The predicted octanol–water partition coefficient (Wildman–Crippen LogP) is 3.77. The number of aromatic nitrogens is 1. The van der Waals surface area contributed by atoms with Gasteiger partial charge < -0.3 is 14.8 Å². The molecule has 1 aliphatic heterocycles. The van der Waals surface area contributed by atoms with Crippen molar-refractivity contribution >= 4 is 5.91 Å². The lowest BCUT2D eigenvalue weighted by Crippen LogP contribution is -2.43. The average Bonchev–Trinajstić information content (AvgIpc) is 3.58. The number of piperidine rings is 1. The van der Waals surface area contributed by atoms with Gasteiger partial charge in [0.25, 0.3) is 5.91 Å². The largest absolute Gasteiger partial charge is 0.493 e. The molecule has 2 heterocycles. The maximum absolute atomic E-state index is 12.4. The Hall–Kier alpha value is -2.60. The number of methoxy groups -OCH3 is 1. The molecule has 4 rings (SSSR count). The third kappa shape index (κ3) is 5.76. The van der Waals surface area contributed by atoms with Gasteiger partial charge >= 0.3 is 0 Å². The van der Waals surface area contributed by atoms with E-state index in [1.807, 2.05) is 24.4 Å². The number of nitrogens with one attached hydrogen (secondary N) is 1. The number of carbonyl (C=O) groups excluding carboxylic acids is 1. The second kappa shape index (κ2) is 9.69.